The van der Waals surface area contributed by atoms with Crippen LogP contribution in [0.4, 0.5) is 0 Å². The number of piperidine rings is 1. The Morgan fingerprint density at radius 2 is 1.69 bits per heavy atom. The van der Waals surface area contributed by atoms with Crippen LogP contribution in [-0.2, 0) is 0 Å². The Bertz CT molecular complexity index is 168. The summed E-state index contributed by atoms with van der Waals surface area (Å²) in [6.45, 7) is 5.95. The highest BCUT2D eigenvalue weighted by Gasteiger charge is 2.33. The molecule has 0 aromatic heterocycles. The molecule has 2 rings (SSSR count). The first-order valence-electron chi connectivity index (χ1n) is 5.92. The van der Waals surface area contributed by atoms with E-state index in [0.717, 1.165) is 11.8 Å². The molecule has 1 saturated heterocycles. The average molecular weight is 181 g/mol. The normalized spacial score (nSPS) is 35.1. The first-order valence-corrected chi connectivity index (χ1v) is 5.92. The van der Waals surface area contributed by atoms with Gasteiger partial charge in [0, 0.05) is 5.54 Å². The number of nitrogens with one attached hydrogen (secondary N) is 1. The molecule has 0 amide bonds. The van der Waals surface area contributed by atoms with Crippen LogP contribution >= 0.6 is 0 Å². The van der Waals surface area contributed by atoms with Gasteiger partial charge in [-0.2, -0.15) is 0 Å². The molecular weight excluding hydrogens is 158 g/mol. The van der Waals surface area contributed by atoms with E-state index >= 15 is 0 Å². The summed E-state index contributed by atoms with van der Waals surface area (Å²) in [4.78, 5) is 0. The van der Waals surface area contributed by atoms with E-state index in [9.17, 15) is 0 Å². The molecule has 0 aromatic carbocycles. The number of hydrogen-bond donors (Lipinski definition) is 1. The van der Waals surface area contributed by atoms with Crippen LogP contribution in [0, 0.1) is 11.8 Å². The molecular formula is C12H23N. The zero-order valence-corrected chi connectivity index (χ0v) is 9.10. The van der Waals surface area contributed by atoms with Crippen LogP contribution in [0.1, 0.15) is 52.4 Å². The van der Waals surface area contributed by atoms with E-state index in [1.165, 1.54) is 45.1 Å². The highest BCUT2D eigenvalue weighted by atomic mass is 15.0. The zero-order chi connectivity index (χ0) is 9.31. The van der Waals surface area contributed by atoms with Crippen molar-refractivity contribution in [2.24, 2.45) is 11.8 Å². The number of rotatable bonds is 1. The lowest BCUT2D eigenvalue weighted by atomic mass is 9.77. The van der Waals surface area contributed by atoms with Crippen molar-refractivity contribution in [1.82, 2.24) is 5.32 Å². The van der Waals surface area contributed by atoms with Crippen molar-refractivity contribution in [2.45, 2.75) is 57.9 Å². The second-order valence-electron chi connectivity index (χ2n) is 5.61. The van der Waals surface area contributed by atoms with E-state index in [1.807, 2.05) is 0 Å². The summed E-state index contributed by atoms with van der Waals surface area (Å²) >= 11 is 0. The summed E-state index contributed by atoms with van der Waals surface area (Å²) in [6.07, 6.45) is 8.84. The summed E-state index contributed by atoms with van der Waals surface area (Å²) in [5, 5.41) is 3.61. The van der Waals surface area contributed by atoms with Gasteiger partial charge < -0.3 is 5.32 Å². The Morgan fingerprint density at radius 3 is 2.31 bits per heavy atom. The van der Waals surface area contributed by atoms with Gasteiger partial charge in [0.25, 0.3) is 0 Å². The van der Waals surface area contributed by atoms with Crippen LogP contribution in [0.25, 0.3) is 0 Å². The van der Waals surface area contributed by atoms with Gasteiger partial charge in [0.15, 0.2) is 0 Å². The zero-order valence-electron chi connectivity index (χ0n) is 9.10. The van der Waals surface area contributed by atoms with E-state index in [1.54, 1.807) is 0 Å². The van der Waals surface area contributed by atoms with Crippen LogP contribution < -0.4 is 5.32 Å². The van der Waals surface area contributed by atoms with Crippen molar-refractivity contribution in [1.29, 1.82) is 0 Å². The topological polar surface area (TPSA) is 12.0 Å². The van der Waals surface area contributed by atoms with Gasteiger partial charge in [-0.25, -0.2) is 0 Å². The van der Waals surface area contributed by atoms with E-state index in [-0.39, 0.29) is 0 Å². The van der Waals surface area contributed by atoms with Crippen LogP contribution in [0.2, 0.25) is 0 Å². The molecule has 1 heteroatoms. The quantitative estimate of drug-likeness (QED) is 0.656. The van der Waals surface area contributed by atoms with Gasteiger partial charge in [-0.3, -0.25) is 0 Å². The third-order valence-electron chi connectivity index (χ3n) is 3.96. The minimum atomic E-state index is 0.408. The molecule has 0 radical (unpaired) electrons. The van der Waals surface area contributed by atoms with Crippen molar-refractivity contribution >= 4 is 0 Å². The predicted molar refractivity (Wildman–Crippen MR) is 56.8 cm³/mol. The predicted octanol–water partition coefficient (Wildman–Crippen LogP) is 2.95. The summed E-state index contributed by atoms with van der Waals surface area (Å²) in [5.41, 5.74) is 0.408. The Morgan fingerprint density at radius 1 is 1.00 bits per heavy atom. The standard InChI is InChI=1S/C12H23N/c1-12(2)9-11(7-8-13-12)10-5-3-4-6-10/h10-11,13H,3-9H2,1-2H3. The summed E-state index contributed by atoms with van der Waals surface area (Å²) in [6, 6.07) is 0. The highest BCUT2D eigenvalue weighted by molar-refractivity contribution is 4.89. The summed E-state index contributed by atoms with van der Waals surface area (Å²) < 4.78 is 0. The van der Waals surface area contributed by atoms with Crippen LogP contribution in [0.3, 0.4) is 0 Å². The van der Waals surface area contributed by atoms with Crippen LogP contribution in [-0.4, -0.2) is 12.1 Å². The van der Waals surface area contributed by atoms with Crippen molar-refractivity contribution in [2.75, 3.05) is 6.54 Å². The molecule has 1 saturated carbocycles. The molecule has 1 aliphatic carbocycles. The molecule has 1 heterocycles. The molecule has 1 N–H and O–H groups in total. The third-order valence-corrected chi connectivity index (χ3v) is 3.96. The fraction of sp³-hybridized carbons (Fsp3) is 1.00. The Kier molecular flexibility index (Phi) is 2.64. The maximum absolute atomic E-state index is 3.61. The van der Waals surface area contributed by atoms with E-state index in [4.69, 9.17) is 0 Å². The van der Waals surface area contributed by atoms with E-state index in [2.05, 4.69) is 19.2 Å². The molecule has 0 aromatic rings. The van der Waals surface area contributed by atoms with Gasteiger partial charge in [-0.05, 0) is 45.1 Å². The largest absolute Gasteiger partial charge is 0.312 e. The lowest BCUT2D eigenvalue weighted by Gasteiger charge is -2.39. The molecule has 1 atom stereocenters. The summed E-state index contributed by atoms with van der Waals surface area (Å²) in [7, 11) is 0. The Balaban J connectivity index is 1.91. The fourth-order valence-electron chi connectivity index (χ4n) is 3.26. The van der Waals surface area contributed by atoms with Gasteiger partial charge in [0.1, 0.15) is 0 Å². The maximum Gasteiger partial charge on any atom is 0.0127 e. The first-order chi connectivity index (χ1) is 6.17. The SMILES string of the molecule is CC1(C)CC(C2CCCC2)CCN1. The van der Waals surface area contributed by atoms with Crippen molar-refractivity contribution in [3.05, 3.63) is 0 Å². The molecule has 2 aliphatic rings. The molecule has 1 nitrogen and oxygen atoms in total. The van der Waals surface area contributed by atoms with Gasteiger partial charge in [-0.1, -0.05) is 25.7 Å². The Hall–Kier alpha value is -0.0400. The molecule has 13 heavy (non-hydrogen) atoms. The van der Waals surface area contributed by atoms with Crippen LogP contribution in [0.15, 0.2) is 0 Å². The Labute approximate surface area is 82.3 Å². The minimum absolute atomic E-state index is 0.408. The number of hydrogen-bond acceptors (Lipinski definition) is 1. The molecule has 1 unspecified atom stereocenters. The first kappa shape index (κ1) is 9.51. The second kappa shape index (κ2) is 3.61. The maximum atomic E-state index is 3.61. The minimum Gasteiger partial charge on any atom is -0.312 e. The lowest BCUT2D eigenvalue weighted by Crippen LogP contribution is -2.47. The highest BCUT2D eigenvalue weighted by Crippen LogP contribution is 2.38. The van der Waals surface area contributed by atoms with Gasteiger partial charge >= 0.3 is 0 Å². The average Bonchev–Trinajstić information content (AvgIpc) is 2.53. The monoisotopic (exact) mass is 181 g/mol. The van der Waals surface area contributed by atoms with Crippen molar-refractivity contribution in [3.63, 3.8) is 0 Å². The fourth-order valence-corrected chi connectivity index (χ4v) is 3.26. The molecule has 1 aliphatic heterocycles. The summed E-state index contributed by atoms with van der Waals surface area (Å²) in [5.74, 6) is 2.10. The van der Waals surface area contributed by atoms with Gasteiger partial charge in [0.2, 0.25) is 0 Å². The lowest BCUT2D eigenvalue weighted by molar-refractivity contribution is 0.175. The molecule has 2 fully saturated rings. The second-order valence-corrected chi connectivity index (χ2v) is 5.61. The molecule has 76 valence electrons. The smallest absolute Gasteiger partial charge is 0.0127 e. The van der Waals surface area contributed by atoms with Crippen molar-refractivity contribution < 1.29 is 0 Å². The van der Waals surface area contributed by atoms with E-state index in [0.29, 0.717) is 5.54 Å². The van der Waals surface area contributed by atoms with Gasteiger partial charge in [-0.15, -0.1) is 0 Å². The molecule has 0 bridgehead atoms. The van der Waals surface area contributed by atoms with E-state index < -0.39 is 0 Å². The van der Waals surface area contributed by atoms with Crippen LogP contribution in [0.5, 0.6) is 0 Å². The molecule has 0 spiro atoms. The van der Waals surface area contributed by atoms with Crippen molar-refractivity contribution in [3.8, 4) is 0 Å². The third kappa shape index (κ3) is 2.25. The van der Waals surface area contributed by atoms with Gasteiger partial charge in [0.05, 0.1) is 0 Å².